The standard InChI is InChI=1S/C15H11ClN4O2S/c1-3-10-9-18-20-5-4-11(7-14(10)20)12-6-13(15(16)17-8-12)19-23(2,21)22/h1,4-9,19H,2H3. The molecular weight excluding hydrogens is 336 g/mol. The molecule has 3 aromatic heterocycles. The van der Waals surface area contributed by atoms with Crippen molar-refractivity contribution in [2.24, 2.45) is 0 Å². The van der Waals surface area contributed by atoms with Gasteiger partial charge in [-0.25, -0.2) is 17.9 Å². The lowest BCUT2D eigenvalue weighted by Crippen LogP contribution is -2.10. The first kappa shape index (κ1) is 15.3. The number of hydrogen-bond acceptors (Lipinski definition) is 4. The van der Waals surface area contributed by atoms with Crippen LogP contribution in [0.5, 0.6) is 0 Å². The van der Waals surface area contributed by atoms with Gasteiger partial charge in [-0.05, 0) is 23.8 Å². The normalized spacial score (nSPS) is 11.3. The van der Waals surface area contributed by atoms with E-state index in [2.05, 4.69) is 20.7 Å². The molecule has 3 aromatic rings. The summed E-state index contributed by atoms with van der Waals surface area (Å²) < 4.78 is 26.8. The molecule has 0 bridgehead atoms. The molecule has 23 heavy (non-hydrogen) atoms. The van der Waals surface area contributed by atoms with Gasteiger partial charge in [-0.1, -0.05) is 17.5 Å². The highest BCUT2D eigenvalue weighted by Gasteiger charge is 2.11. The summed E-state index contributed by atoms with van der Waals surface area (Å²) >= 11 is 5.94. The van der Waals surface area contributed by atoms with Crippen LogP contribution >= 0.6 is 11.6 Å². The quantitative estimate of drug-likeness (QED) is 0.583. The summed E-state index contributed by atoms with van der Waals surface area (Å²) in [6, 6.07) is 5.31. The minimum absolute atomic E-state index is 0.0777. The highest BCUT2D eigenvalue weighted by molar-refractivity contribution is 7.92. The van der Waals surface area contributed by atoms with Crippen LogP contribution in [0.25, 0.3) is 16.6 Å². The van der Waals surface area contributed by atoms with Crippen LogP contribution in [0.1, 0.15) is 5.56 Å². The molecule has 8 heteroatoms. The smallest absolute Gasteiger partial charge is 0.229 e. The minimum atomic E-state index is -3.45. The van der Waals surface area contributed by atoms with Crippen molar-refractivity contribution in [1.82, 2.24) is 14.6 Å². The Morgan fingerprint density at radius 1 is 1.30 bits per heavy atom. The first-order valence-electron chi connectivity index (χ1n) is 6.45. The average molecular weight is 347 g/mol. The monoisotopic (exact) mass is 346 g/mol. The number of hydrogen-bond donors (Lipinski definition) is 1. The maximum atomic E-state index is 11.4. The van der Waals surface area contributed by atoms with Crippen molar-refractivity contribution in [1.29, 1.82) is 0 Å². The zero-order chi connectivity index (χ0) is 16.6. The van der Waals surface area contributed by atoms with E-state index in [0.29, 0.717) is 11.1 Å². The van der Waals surface area contributed by atoms with E-state index >= 15 is 0 Å². The third-order valence-electron chi connectivity index (χ3n) is 3.14. The number of nitrogens with one attached hydrogen (secondary N) is 1. The Morgan fingerprint density at radius 2 is 2.09 bits per heavy atom. The van der Waals surface area contributed by atoms with Crippen molar-refractivity contribution in [2.45, 2.75) is 0 Å². The number of pyridine rings is 2. The first-order valence-corrected chi connectivity index (χ1v) is 8.72. The van der Waals surface area contributed by atoms with Crippen LogP contribution in [0.3, 0.4) is 0 Å². The lowest BCUT2D eigenvalue weighted by Gasteiger charge is -2.08. The Bertz CT molecular complexity index is 1050. The van der Waals surface area contributed by atoms with Crippen molar-refractivity contribution in [3.63, 3.8) is 0 Å². The van der Waals surface area contributed by atoms with Gasteiger partial charge in [0.15, 0.2) is 5.15 Å². The van der Waals surface area contributed by atoms with Gasteiger partial charge >= 0.3 is 0 Å². The van der Waals surface area contributed by atoms with Crippen molar-refractivity contribution >= 4 is 32.8 Å². The molecule has 3 heterocycles. The predicted molar refractivity (Wildman–Crippen MR) is 89.8 cm³/mol. The number of nitrogens with zero attached hydrogens (tertiary/aromatic N) is 3. The van der Waals surface area contributed by atoms with E-state index in [4.69, 9.17) is 18.0 Å². The highest BCUT2D eigenvalue weighted by atomic mass is 35.5. The molecule has 6 nitrogen and oxygen atoms in total. The number of aromatic nitrogens is 3. The van der Waals surface area contributed by atoms with E-state index in [1.54, 1.807) is 29.2 Å². The molecule has 0 saturated heterocycles. The van der Waals surface area contributed by atoms with Crippen LogP contribution in [0, 0.1) is 12.3 Å². The number of fused-ring (bicyclic) bond motifs is 1. The fourth-order valence-electron chi connectivity index (χ4n) is 2.15. The molecule has 0 aliphatic heterocycles. The summed E-state index contributed by atoms with van der Waals surface area (Å²) in [5, 5.41) is 4.23. The fourth-order valence-corrected chi connectivity index (χ4v) is 2.91. The molecule has 0 aromatic carbocycles. The van der Waals surface area contributed by atoms with Gasteiger partial charge in [0, 0.05) is 18.0 Å². The van der Waals surface area contributed by atoms with E-state index in [0.717, 1.165) is 17.3 Å². The van der Waals surface area contributed by atoms with Crippen molar-refractivity contribution in [2.75, 3.05) is 11.0 Å². The maximum absolute atomic E-state index is 11.4. The topological polar surface area (TPSA) is 76.4 Å². The molecule has 3 rings (SSSR count). The Kier molecular flexibility index (Phi) is 3.72. The maximum Gasteiger partial charge on any atom is 0.229 e. The molecule has 0 spiro atoms. The summed E-state index contributed by atoms with van der Waals surface area (Å²) in [5.41, 5.74) is 3.18. The van der Waals surface area contributed by atoms with Crippen LogP contribution in [-0.2, 0) is 10.0 Å². The van der Waals surface area contributed by atoms with Gasteiger partial charge in [0.05, 0.1) is 29.2 Å². The molecular formula is C15H11ClN4O2S. The minimum Gasteiger partial charge on any atom is -0.281 e. The molecule has 0 aliphatic rings. The molecule has 0 unspecified atom stereocenters. The van der Waals surface area contributed by atoms with E-state index in [-0.39, 0.29) is 10.8 Å². The highest BCUT2D eigenvalue weighted by Crippen LogP contribution is 2.28. The second kappa shape index (κ2) is 5.57. The second-order valence-electron chi connectivity index (χ2n) is 4.88. The van der Waals surface area contributed by atoms with Crippen molar-refractivity contribution in [3.8, 4) is 23.5 Å². The fraction of sp³-hybridized carbons (Fsp3) is 0.0667. The van der Waals surface area contributed by atoms with Crippen molar-refractivity contribution < 1.29 is 8.42 Å². The van der Waals surface area contributed by atoms with Gasteiger partial charge in [0.25, 0.3) is 0 Å². The summed E-state index contributed by atoms with van der Waals surface area (Å²) in [6.45, 7) is 0. The predicted octanol–water partition coefficient (Wildman–Crippen LogP) is 2.40. The summed E-state index contributed by atoms with van der Waals surface area (Å²) in [6.07, 6.45) is 11.4. The number of halogens is 1. The average Bonchev–Trinajstić information content (AvgIpc) is 2.90. The van der Waals surface area contributed by atoms with Crippen LogP contribution in [0.2, 0.25) is 5.15 Å². The molecule has 0 amide bonds. The number of sulfonamides is 1. The van der Waals surface area contributed by atoms with Gasteiger partial charge in [-0.15, -0.1) is 6.42 Å². The van der Waals surface area contributed by atoms with Gasteiger partial charge < -0.3 is 0 Å². The summed E-state index contributed by atoms with van der Waals surface area (Å²) in [4.78, 5) is 4.03. The second-order valence-corrected chi connectivity index (χ2v) is 6.99. The molecule has 1 N–H and O–H groups in total. The molecule has 0 fully saturated rings. The SMILES string of the molecule is C#Cc1cnn2ccc(-c3cnc(Cl)c(NS(C)(=O)=O)c3)cc12. The van der Waals surface area contributed by atoms with E-state index in [1.807, 2.05) is 12.1 Å². The zero-order valence-electron chi connectivity index (χ0n) is 12.0. The van der Waals surface area contributed by atoms with Crippen LogP contribution < -0.4 is 4.72 Å². The van der Waals surface area contributed by atoms with Gasteiger partial charge in [0.2, 0.25) is 10.0 Å². The third-order valence-corrected chi connectivity index (χ3v) is 4.04. The Hall–Kier alpha value is -2.56. The lowest BCUT2D eigenvalue weighted by atomic mass is 10.1. The van der Waals surface area contributed by atoms with Crippen LogP contribution in [-0.4, -0.2) is 29.3 Å². The first-order chi connectivity index (χ1) is 10.9. The third kappa shape index (κ3) is 3.13. The molecule has 0 radical (unpaired) electrons. The van der Waals surface area contributed by atoms with E-state index in [1.165, 1.54) is 0 Å². The van der Waals surface area contributed by atoms with Gasteiger partial charge in [-0.2, -0.15) is 5.10 Å². The van der Waals surface area contributed by atoms with Gasteiger partial charge in [0.1, 0.15) is 0 Å². The number of rotatable bonds is 3. The van der Waals surface area contributed by atoms with Crippen molar-refractivity contribution in [3.05, 3.63) is 47.5 Å². The number of terminal acetylenes is 1. The number of anilines is 1. The largest absolute Gasteiger partial charge is 0.281 e. The van der Waals surface area contributed by atoms with Gasteiger partial charge in [-0.3, -0.25) is 4.72 Å². The zero-order valence-corrected chi connectivity index (χ0v) is 13.6. The molecule has 0 saturated carbocycles. The lowest BCUT2D eigenvalue weighted by molar-refractivity contribution is 0.607. The molecule has 0 atom stereocenters. The van der Waals surface area contributed by atoms with E-state index in [9.17, 15) is 8.42 Å². The summed E-state index contributed by atoms with van der Waals surface area (Å²) in [7, 11) is -3.45. The summed E-state index contributed by atoms with van der Waals surface area (Å²) in [5.74, 6) is 2.57. The van der Waals surface area contributed by atoms with Crippen LogP contribution in [0.4, 0.5) is 5.69 Å². The van der Waals surface area contributed by atoms with Crippen LogP contribution in [0.15, 0.2) is 36.8 Å². The Balaban J connectivity index is 2.11. The molecule has 116 valence electrons. The Labute approximate surface area is 138 Å². The molecule has 0 aliphatic carbocycles. The Morgan fingerprint density at radius 3 is 2.78 bits per heavy atom. The van der Waals surface area contributed by atoms with E-state index < -0.39 is 10.0 Å².